The van der Waals surface area contributed by atoms with Gasteiger partial charge in [0.05, 0.1) is 0 Å². The van der Waals surface area contributed by atoms with E-state index >= 15 is 0 Å². The average molecular weight is 231 g/mol. The van der Waals surface area contributed by atoms with Crippen LogP contribution in [0.3, 0.4) is 0 Å². The summed E-state index contributed by atoms with van der Waals surface area (Å²) < 4.78 is 0. The maximum absolute atomic E-state index is 7.33. The zero-order chi connectivity index (χ0) is 9.68. The minimum Gasteiger partial charge on any atom is -0.699 e. The van der Waals surface area contributed by atoms with E-state index in [0.29, 0.717) is 5.70 Å². The summed E-state index contributed by atoms with van der Waals surface area (Å²) in [5.74, 6) is 1.15. The van der Waals surface area contributed by atoms with Gasteiger partial charge >= 0.3 is 51.4 Å². The van der Waals surface area contributed by atoms with Crippen LogP contribution in [0.2, 0.25) is 0 Å². The molecular weight excluding hydrogens is 217 g/mol. The van der Waals surface area contributed by atoms with E-state index in [-0.39, 0.29) is 51.4 Å². The topological polar surface area (TPSA) is 23.8 Å². The second kappa shape index (κ2) is 7.96. The van der Waals surface area contributed by atoms with Crippen LogP contribution in [0.4, 0.5) is 0 Å². The molecule has 3 heteroatoms. The van der Waals surface area contributed by atoms with Gasteiger partial charge in [0.2, 0.25) is 0 Å². The Balaban J connectivity index is 0.00000169. The van der Waals surface area contributed by atoms with Gasteiger partial charge in [-0.2, -0.15) is 0 Å². The van der Waals surface area contributed by atoms with Crippen molar-refractivity contribution in [3.05, 3.63) is 42.1 Å². The summed E-state index contributed by atoms with van der Waals surface area (Å²) in [6, 6.07) is 8.01. The van der Waals surface area contributed by atoms with Gasteiger partial charge in [-0.05, 0) is 29.9 Å². The van der Waals surface area contributed by atoms with Crippen molar-refractivity contribution in [3.63, 3.8) is 0 Å². The standard InChI is InChI=1S/C11H14NS.K/c1-3-8-13-11-6-4-10(5-7-11)9(2)12;/h4-7,12H,2-3,8H2,1H3;/q-1;+1. The molecule has 1 aromatic carbocycles. The summed E-state index contributed by atoms with van der Waals surface area (Å²) in [6.45, 7) is 5.75. The molecule has 0 saturated heterocycles. The van der Waals surface area contributed by atoms with Crippen molar-refractivity contribution in [3.8, 4) is 0 Å². The third-order valence-electron chi connectivity index (χ3n) is 1.68. The molecular formula is C11H14KNS. The number of hydrogen-bond acceptors (Lipinski definition) is 1. The van der Waals surface area contributed by atoms with Crippen LogP contribution < -0.4 is 51.4 Å². The van der Waals surface area contributed by atoms with Gasteiger partial charge in [0.15, 0.2) is 0 Å². The fourth-order valence-electron chi connectivity index (χ4n) is 0.972. The largest absolute Gasteiger partial charge is 1.00 e. The van der Waals surface area contributed by atoms with Gasteiger partial charge in [-0.15, -0.1) is 24.0 Å². The molecule has 0 radical (unpaired) electrons. The van der Waals surface area contributed by atoms with Crippen molar-refractivity contribution in [2.45, 2.75) is 18.2 Å². The molecule has 0 atom stereocenters. The summed E-state index contributed by atoms with van der Waals surface area (Å²) in [5, 5.41) is 0. The van der Waals surface area contributed by atoms with Crippen LogP contribution >= 0.6 is 11.8 Å². The maximum atomic E-state index is 7.33. The summed E-state index contributed by atoms with van der Waals surface area (Å²) in [7, 11) is 0. The molecule has 0 amide bonds. The Kier molecular flexibility index (Phi) is 8.39. The van der Waals surface area contributed by atoms with Crippen LogP contribution in [0.5, 0.6) is 0 Å². The van der Waals surface area contributed by atoms with Crippen LogP contribution in [0, 0.1) is 0 Å². The third kappa shape index (κ3) is 5.00. The van der Waals surface area contributed by atoms with Crippen molar-refractivity contribution in [1.29, 1.82) is 0 Å². The van der Waals surface area contributed by atoms with Gasteiger partial charge in [0, 0.05) is 4.90 Å². The van der Waals surface area contributed by atoms with Gasteiger partial charge in [-0.25, -0.2) is 0 Å². The summed E-state index contributed by atoms with van der Waals surface area (Å²) >= 11 is 1.85. The molecule has 0 spiro atoms. The van der Waals surface area contributed by atoms with Gasteiger partial charge in [-0.3, -0.25) is 0 Å². The molecule has 0 unspecified atom stereocenters. The number of thioether (sulfide) groups is 1. The van der Waals surface area contributed by atoms with Gasteiger partial charge in [-0.1, -0.05) is 19.1 Å². The van der Waals surface area contributed by atoms with Gasteiger partial charge < -0.3 is 5.73 Å². The molecule has 1 aromatic rings. The Bertz CT molecular complexity index is 282. The first kappa shape index (κ1) is 14.7. The molecule has 70 valence electrons. The number of nitrogens with one attached hydrogen (secondary N) is 1. The van der Waals surface area contributed by atoms with Gasteiger partial charge in [0.25, 0.3) is 0 Å². The predicted octanol–water partition coefficient (Wildman–Crippen LogP) is 1.22. The third-order valence-corrected chi connectivity index (χ3v) is 2.89. The molecule has 1 nitrogen and oxygen atoms in total. The zero-order valence-corrected chi connectivity index (χ0v) is 12.8. The number of hydrogen-bond donors (Lipinski definition) is 0. The molecule has 0 fully saturated rings. The normalized spacial score (nSPS) is 9.21. The summed E-state index contributed by atoms with van der Waals surface area (Å²) in [5.41, 5.74) is 8.61. The first-order chi connectivity index (χ1) is 6.24. The minimum atomic E-state index is 0. The van der Waals surface area contributed by atoms with Crippen molar-refractivity contribution in [2.75, 3.05) is 5.75 Å². The average Bonchev–Trinajstić information content (AvgIpc) is 2.15. The number of rotatable bonds is 4. The second-order valence-electron chi connectivity index (χ2n) is 2.85. The van der Waals surface area contributed by atoms with E-state index < -0.39 is 0 Å². The van der Waals surface area contributed by atoms with Crippen LogP contribution in [0.25, 0.3) is 11.4 Å². The molecule has 0 aromatic heterocycles. The monoisotopic (exact) mass is 231 g/mol. The molecule has 14 heavy (non-hydrogen) atoms. The van der Waals surface area contributed by atoms with E-state index in [4.69, 9.17) is 5.73 Å². The SMILES string of the molecule is C=C([NH-])c1ccc(SCCC)cc1.[K+]. The molecule has 0 aliphatic carbocycles. The minimum absolute atomic E-state index is 0. The molecule has 1 N–H and O–H groups in total. The zero-order valence-electron chi connectivity index (χ0n) is 8.84. The number of benzene rings is 1. The Morgan fingerprint density at radius 3 is 2.36 bits per heavy atom. The van der Waals surface area contributed by atoms with Crippen LogP contribution in [0.1, 0.15) is 18.9 Å². The van der Waals surface area contributed by atoms with E-state index in [0.717, 1.165) is 11.3 Å². The molecule has 0 aliphatic heterocycles. The van der Waals surface area contributed by atoms with Crippen molar-refractivity contribution in [2.24, 2.45) is 0 Å². The predicted molar refractivity (Wildman–Crippen MR) is 60.8 cm³/mol. The molecule has 1 rings (SSSR count). The summed E-state index contributed by atoms with van der Waals surface area (Å²) in [6.07, 6.45) is 1.19. The summed E-state index contributed by atoms with van der Waals surface area (Å²) in [4.78, 5) is 1.27. The Labute approximate surface area is 133 Å². The van der Waals surface area contributed by atoms with E-state index in [2.05, 4.69) is 25.6 Å². The first-order valence-electron chi connectivity index (χ1n) is 4.37. The molecule has 0 saturated carbocycles. The van der Waals surface area contributed by atoms with Crippen molar-refractivity contribution in [1.82, 2.24) is 0 Å². The van der Waals surface area contributed by atoms with Crippen molar-refractivity contribution < 1.29 is 51.4 Å². The molecule has 0 heterocycles. The van der Waals surface area contributed by atoms with E-state index in [1.807, 2.05) is 23.9 Å². The first-order valence-corrected chi connectivity index (χ1v) is 5.36. The van der Waals surface area contributed by atoms with Gasteiger partial charge in [0.1, 0.15) is 0 Å². The fraction of sp³-hybridized carbons (Fsp3) is 0.273. The Morgan fingerprint density at radius 1 is 1.36 bits per heavy atom. The smallest absolute Gasteiger partial charge is 0.699 e. The van der Waals surface area contributed by atoms with E-state index in [1.165, 1.54) is 11.3 Å². The van der Waals surface area contributed by atoms with E-state index in [1.54, 1.807) is 0 Å². The molecule has 0 aliphatic rings. The maximum Gasteiger partial charge on any atom is 1.00 e. The second-order valence-corrected chi connectivity index (χ2v) is 4.02. The fourth-order valence-corrected chi connectivity index (χ4v) is 1.74. The van der Waals surface area contributed by atoms with Crippen LogP contribution in [-0.2, 0) is 0 Å². The molecule has 0 bridgehead atoms. The van der Waals surface area contributed by atoms with E-state index in [9.17, 15) is 0 Å². The van der Waals surface area contributed by atoms with Crippen molar-refractivity contribution >= 4 is 17.5 Å². The Hall–Kier alpha value is 0.746. The quantitative estimate of drug-likeness (QED) is 0.564. The van der Waals surface area contributed by atoms with Crippen LogP contribution in [-0.4, -0.2) is 5.75 Å². The van der Waals surface area contributed by atoms with Crippen LogP contribution in [0.15, 0.2) is 35.7 Å². The Morgan fingerprint density at radius 2 is 1.93 bits per heavy atom.